The molecule has 0 bridgehead atoms. The van der Waals surface area contributed by atoms with Crippen molar-refractivity contribution in [2.75, 3.05) is 4.72 Å². The highest BCUT2D eigenvalue weighted by molar-refractivity contribution is 7.95. The third-order valence-electron chi connectivity index (χ3n) is 1.67. The van der Waals surface area contributed by atoms with Crippen LogP contribution < -0.4 is 10.5 Å². The lowest BCUT2D eigenvalue weighted by atomic mass is 10.3. The highest BCUT2D eigenvalue weighted by atomic mass is 32.2. The largest absolute Gasteiger partial charge is 0.404 e. The van der Waals surface area contributed by atoms with Crippen LogP contribution in [0.4, 0.5) is 5.69 Å². The number of para-hydroxylation sites is 1. The number of rotatable bonds is 4. The van der Waals surface area contributed by atoms with E-state index in [1.54, 1.807) is 0 Å². The third-order valence-corrected chi connectivity index (χ3v) is 3.61. The molecule has 94 valence electrons. The second kappa shape index (κ2) is 4.73. The van der Waals surface area contributed by atoms with Gasteiger partial charge in [0.15, 0.2) is 0 Å². The fourth-order valence-electron chi connectivity index (χ4n) is 1.07. The molecule has 0 radical (unpaired) electrons. The normalized spacial score (nSPS) is 12.8. The highest BCUT2D eigenvalue weighted by Gasteiger charge is 2.17. The summed E-state index contributed by atoms with van der Waals surface area (Å²) in [5, 5.41) is 0.660. The predicted molar refractivity (Wildman–Crippen MR) is 62.1 cm³/mol. The Balaban J connectivity index is 3.26. The van der Waals surface area contributed by atoms with Gasteiger partial charge in [-0.2, -0.15) is 8.42 Å². The lowest BCUT2D eigenvalue weighted by Gasteiger charge is -2.07. The molecular weight excluding hydrogens is 268 g/mol. The van der Waals surface area contributed by atoms with Gasteiger partial charge in [-0.3, -0.25) is 9.27 Å². The Kier molecular flexibility index (Phi) is 3.76. The van der Waals surface area contributed by atoms with Crippen molar-refractivity contribution < 1.29 is 21.4 Å². The second-order valence-electron chi connectivity index (χ2n) is 2.95. The van der Waals surface area contributed by atoms with Gasteiger partial charge < -0.3 is 5.73 Å². The Bertz CT molecular complexity index is 634. The molecule has 4 N–H and O–H groups in total. The fraction of sp³-hybridized carbons (Fsp3) is 0. The van der Waals surface area contributed by atoms with Crippen LogP contribution in [0.25, 0.3) is 0 Å². The SMILES string of the molecule is NC=CS(=O)(=O)Nc1ccccc1S(=O)(=O)O. The van der Waals surface area contributed by atoms with Crippen LogP contribution in [0.3, 0.4) is 0 Å². The van der Waals surface area contributed by atoms with Crippen LogP contribution >= 0.6 is 0 Å². The number of benzene rings is 1. The number of nitrogens with two attached hydrogens (primary N) is 1. The second-order valence-corrected chi connectivity index (χ2v) is 5.90. The summed E-state index contributed by atoms with van der Waals surface area (Å²) in [6, 6.07) is 5.03. The predicted octanol–water partition coefficient (Wildman–Crippen LogP) is 0.105. The number of sulfonamides is 1. The van der Waals surface area contributed by atoms with E-state index in [-0.39, 0.29) is 5.69 Å². The molecule has 9 heteroatoms. The molecular formula is C8H10N2O5S2. The van der Waals surface area contributed by atoms with E-state index in [9.17, 15) is 16.8 Å². The topological polar surface area (TPSA) is 127 Å². The Labute approximate surface area is 98.8 Å². The van der Waals surface area contributed by atoms with Crippen molar-refractivity contribution >= 4 is 25.8 Å². The molecule has 1 rings (SSSR count). The summed E-state index contributed by atoms with van der Waals surface area (Å²) in [5.41, 5.74) is 4.67. The smallest absolute Gasteiger partial charge is 0.296 e. The molecule has 0 aromatic heterocycles. The molecule has 0 saturated heterocycles. The van der Waals surface area contributed by atoms with Gasteiger partial charge in [0.2, 0.25) is 0 Å². The summed E-state index contributed by atoms with van der Waals surface area (Å²) in [6.07, 6.45) is 0.790. The zero-order valence-electron chi connectivity index (χ0n) is 8.44. The van der Waals surface area contributed by atoms with Gasteiger partial charge in [-0.1, -0.05) is 12.1 Å². The summed E-state index contributed by atoms with van der Waals surface area (Å²) >= 11 is 0. The van der Waals surface area contributed by atoms with Crippen LogP contribution in [0.1, 0.15) is 0 Å². The molecule has 0 aliphatic rings. The quantitative estimate of drug-likeness (QED) is 0.671. The fourth-order valence-corrected chi connectivity index (χ4v) is 2.54. The number of hydrogen-bond acceptors (Lipinski definition) is 5. The Morgan fingerprint density at radius 1 is 1.18 bits per heavy atom. The number of hydrogen-bond donors (Lipinski definition) is 3. The maximum atomic E-state index is 11.3. The number of nitrogens with one attached hydrogen (secondary N) is 1. The highest BCUT2D eigenvalue weighted by Crippen LogP contribution is 2.21. The molecule has 0 aliphatic carbocycles. The summed E-state index contributed by atoms with van der Waals surface area (Å²) in [4.78, 5) is -0.533. The first-order valence-electron chi connectivity index (χ1n) is 4.24. The minimum absolute atomic E-state index is 0.256. The van der Waals surface area contributed by atoms with E-state index < -0.39 is 25.0 Å². The van der Waals surface area contributed by atoms with Crippen LogP contribution in [-0.2, 0) is 20.1 Å². The molecule has 7 nitrogen and oxygen atoms in total. The van der Waals surface area contributed by atoms with Crippen LogP contribution in [0.5, 0.6) is 0 Å². The van der Waals surface area contributed by atoms with E-state index in [1.165, 1.54) is 18.2 Å². The van der Waals surface area contributed by atoms with Crippen molar-refractivity contribution in [2.24, 2.45) is 5.73 Å². The van der Waals surface area contributed by atoms with Crippen LogP contribution in [-0.4, -0.2) is 21.4 Å². The van der Waals surface area contributed by atoms with Gasteiger partial charge in [-0.05, 0) is 12.1 Å². The monoisotopic (exact) mass is 278 g/mol. The van der Waals surface area contributed by atoms with Crippen LogP contribution in [0.2, 0.25) is 0 Å². The minimum atomic E-state index is -4.50. The molecule has 0 aliphatic heterocycles. The number of anilines is 1. The maximum absolute atomic E-state index is 11.3. The summed E-state index contributed by atoms with van der Waals surface area (Å²) in [7, 11) is -8.40. The van der Waals surface area contributed by atoms with Gasteiger partial charge in [0.1, 0.15) is 4.90 Å². The zero-order valence-corrected chi connectivity index (χ0v) is 10.1. The van der Waals surface area contributed by atoms with E-state index in [4.69, 9.17) is 10.3 Å². The standard InChI is InChI=1S/C8H10N2O5S2/c9-5-6-16(11,12)10-7-3-1-2-4-8(7)17(13,14)15/h1-6,10H,9H2,(H,13,14,15). The molecule has 0 heterocycles. The van der Waals surface area contributed by atoms with Gasteiger partial charge in [0.05, 0.1) is 11.1 Å². The van der Waals surface area contributed by atoms with Crippen molar-refractivity contribution in [3.05, 3.63) is 35.9 Å². The molecule has 0 amide bonds. The summed E-state index contributed by atoms with van der Waals surface area (Å²) in [6.45, 7) is 0. The molecule has 0 spiro atoms. The lowest BCUT2D eigenvalue weighted by Crippen LogP contribution is -2.12. The molecule has 1 aromatic carbocycles. The minimum Gasteiger partial charge on any atom is -0.404 e. The molecule has 1 aromatic rings. The van der Waals surface area contributed by atoms with Gasteiger partial charge in [-0.25, -0.2) is 8.42 Å². The first-order chi connectivity index (χ1) is 7.76. The summed E-state index contributed by atoms with van der Waals surface area (Å²) in [5.74, 6) is 0. The van der Waals surface area contributed by atoms with Crippen molar-refractivity contribution in [3.63, 3.8) is 0 Å². The van der Waals surface area contributed by atoms with E-state index in [2.05, 4.69) is 0 Å². The van der Waals surface area contributed by atoms with E-state index in [1.807, 2.05) is 4.72 Å². The molecule has 0 saturated carbocycles. The van der Waals surface area contributed by atoms with Crippen LogP contribution in [0.15, 0.2) is 40.8 Å². The van der Waals surface area contributed by atoms with E-state index in [0.717, 1.165) is 12.3 Å². The molecule has 17 heavy (non-hydrogen) atoms. The van der Waals surface area contributed by atoms with Crippen molar-refractivity contribution in [1.82, 2.24) is 0 Å². The average Bonchev–Trinajstić information content (AvgIpc) is 2.15. The Hall–Kier alpha value is -1.58. The zero-order chi connectivity index (χ0) is 13.1. The first-order valence-corrected chi connectivity index (χ1v) is 7.22. The van der Waals surface area contributed by atoms with E-state index in [0.29, 0.717) is 5.41 Å². The van der Waals surface area contributed by atoms with Gasteiger partial charge in [0, 0.05) is 6.20 Å². The Morgan fingerprint density at radius 2 is 1.76 bits per heavy atom. The van der Waals surface area contributed by atoms with Crippen LogP contribution in [0, 0.1) is 0 Å². The van der Waals surface area contributed by atoms with Crippen molar-refractivity contribution in [3.8, 4) is 0 Å². The average molecular weight is 278 g/mol. The van der Waals surface area contributed by atoms with Crippen molar-refractivity contribution in [2.45, 2.75) is 4.90 Å². The van der Waals surface area contributed by atoms with E-state index >= 15 is 0 Å². The Morgan fingerprint density at radius 3 is 2.29 bits per heavy atom. The van der Waals surface area contributed by atoms with Gasteiger partial charge >= 0.3 is 0 Å². The third kappa shape index (κ3) is 3.73. The maximum Gasteiger partial charge on any atom is 0.296 e. The van der Waals surface area contributed by atoms with Gasteiger partial charge in [-0.15, -0.1) is 0 Å². The lowest BCUT2D eigenvalue weighted by molar-refractivity contribution is 0.483. The van der Waals surface area contributed by atoms with Crippen molar-refractivity contribution in [1.29, 1.82) is 0 Å². The molecule has 0 unspecified atom stereocenters. The summed E-state index contributed by atoms with van der Waals surface area (Å²) < 4.78 is 55.5. The first kappa shape index (κ1) is 13.5. The van der Waals surface area contributed by atoms with Gasteiger partial charge in [0.25, 0.3) is 20.1 Å². The molecule has 0 atom stereocenters. The molecule has 0 fully saturated rings.